The van der Waals surface area contributed by atoms with Crippen molar-refractivity contribution in [2.75, 3.05) is 19.6 Å². The Labute approximate surface area is 161 Å². The molecule has 0 atom stereocenters. The fourth-order valence-corrected chi connectivity index (χ4v) is 3.67. The monoisotopic (exact) mass is 381 g/mol. The summed E-state index contributed by atoms with van der Waals surface area (Å²) in [6.45, 7) is 2.65. The molecule has 1 aliphatic rings. The maximum Gasteiger partial charge on any atom is 0.258 e. The summed E-state index contributed by atoms with van der Waals surface area (Å²) >= 11 is 0. The van der Waals surface area contributed by atoms with Crippen molar-refractivity contribution in [2.45, 2.75) is 19.3 Å². The van der Waals surface area contributed by atoms with Crippen LogP contribution in [0.15, 0.2) is 53.5 Å². The first-order valence-corrected chi connectivity index (χ1v) is 9.44. The van der Waals surface area contributed by atoms with E-state index in [9.17, 15) is 13.6 Å². The molecule has 0 fully saturated rings. The van der Waals surface area contributed by atoms with Gasteiger partial charge in [0.2, 0.25) is 0 Å². The number of hydrogen-bond donors (Lipinski definition) is 1. The normalized spacial score (nSPS) is 15.0. The molecule has 0 amide bonds. The Kier molecular flexibility index (Phi) is 5.30. The molecule has 2 aromatic heterocycles. The van der Waals surface area contributed by atoms with E-state index in [-0.39, 0.29) is 16.8 Å². The third-order valence-electron chi connectivity index (χ3n) is 5.15. The summed E-state index contributed by atoms with van der Waals surface area (Å²) < 4.78 is 26.8. The average Bonchev–Trinajstić information content (AvgIpc) is 2.69. The van der Waals surface area contributed by atoms with Crippen LogP contribution in [0.5, 0.6) is 0 Å². The minimum atomic E-state index is -0.489. The van der Waals surface area contributed by atoms with Crippen LogP contribution in [-0.4, -0.2) is 34.5 Å². The molecule has 0 saturated heterocycles. The van der Waals surface area contributed by atoms with E-state index in [2.05, 4.69) is 20.9 Å². The summed E-state index contributed by atoms with van der Waals surface area (Å²) in [4.78, 5) is 21.4. The van der Waals surface area contributed by atoms with E-state index in [1.165, 1.54) is 18.3 Å². The van der Waals surface area contributed by atoms with Crippen LogP contribution < -0.4 is 5.56 Å². The molecule has 0 unspecified atom stereocenters. The minimum Gasteiger partial charge on any atom is -0.326 e. The van der Waals surface area contributed by atoms with Crippen molar-refractivity contribution in [1.29, 1.82) is 0 Å². The minimum absolute atomic E-state index is 0.120. The van der Waals surface area contributed by atoms with Gasteiger partial charge in [0, 0.05) is 18.8 Å². The molecule has 1 aromatic carbocycles. The molecule has 28 heavy (non-hydrogen) atoms. The Hall–Kier alpha value is -2.86. The molecule has 0 bridgehead atoms. The van der Waals surface area contributed by atoms with Crippen LogP contribution in [0.3, 0.4) is 0 Å². The lowest BCUT2D eigenvalue weighted by Crippen LogP contribution is -2.30. The molecule has 6 heteroatoms. The molecule has 3 heterocycles. The summed E-state index contributed by atoms with van der Waals surface area (Å²) in [5.74, 6) is -0.812. The average molecular weight is 381 g/mol. The van der Waals surface area contributed by atoms with Gasteiger partial charge in [0.25, 0.3) is 5.56 Å². The van der Waals surface area contributed by atoms with Gasteiger partial charge in [0.05, 0.1) is 17.3 Å². The summed E-state index contributed by atoms with van der Waals surface area (Å²) in [5.41, 5.74) is 2.44. The zero-order chi connectivity index (χ0) is 19.5. The molecular formula is C22H21F2N3O. The molecule has 0 aliphatic carbocycles. The highest BCUT2D eigenvalue weighted by molar-refractivity contribution is 5.82. The van der Waals surface area contributed by atoms with E-state index in [0.29, 0.717) is 5.39 Å². The van der Waals surface area contributed by atoms with Gasteiger partial charge in [-0.05, 0) is 61.0 Å². The van der Waals surface area contributed by atoms with Gasteiger partial charge in [0.15, 0.2) is 0 Å². The number of aryl methyl sites for hydroxylation is 1. The Morgan fingerprint density at radius 1 is 1.18 bits per heavy atom. The lowest BCUT2D eigenvalue weighted by atomic mass is 10.0. The first-order chi connectivity index (χ1) is 13.6. The number of aromatic nitrogens is 2. The van der Waals surface area contributed by atoms with Crippen molar-refractivity contribution in [3.63, 3.8) is 0 Å². The van der Waals surface area contributed by atoms with E-state index in [1.807, 2.05) is 6.07 Å². The number of nitrogens with one attached hydrogen (secondary N) is 1. The SMILES string of the molecule is O=c1[nH]c(CCCN2CC=C(c3ccc(F)cn3)CC2)cc2cccc(F)c12. The van der Waals surface area contributed by atoms with Crippen LogP contribution in [0.25, 0.3) is 16.3 Å². The standard InChI is InChI=1S/C22H21F2N3O/c23-17-6-7-20(25-14-17)15-8-11-27(12-9-15)10-2-4-18-13-16-3-1-5-19(24)21(16)22(28)26-18/h1,3,5-8,13-14H,2,4,9-12H2,(H,26,28). The van der Waals surface area contributed by atoms with Gasteiger partial charge in [-0.15, -0.1) is 0 Å². The second-order valence-corrected chi connectivity index (χ2v) is 7.07. The van der Waals surface area contributed by atoms with E-state index >= 15 is 0 Å². The molecule has 1 aliphatic heterocycles. The number of aromatic amines is 1. The largest absolute Gasteiger partial charge is 0.326 e. The second-order valence-electron chi connectivity index (χ2n) is 7.07. The number of benzene rings is 1. The molecule has 0 spiro atoms. The van der Waals surface area contributed by atoms with Crippen molar-refractivity contribution in [3.8, 4) is 0 Å². The van der Waals surface area contributed by atoms with Crippen molar-refractivity contribution in [3.05, 3.63) is 82.0 Å². The van der Waals surface area contributed by atoms with Gasteiger partial charge in [0.1, 0.15) is 11.6 Å². The third-order valence-corrected chi connectivity index (χ3v) is 5.15. The number of nitrogens with zero attached hydrogens (tertiary/aromatic N) is 2. The van der Waals surface area contributed by atoms with Crippen molar-refractivity contribution in [1.82, 2.24) is 14.9 Å². The van der Waals surface area contributed by atoms with E-state index in [0.717, 1.165) is 55.9 Å². The molecule has 3 aromatic rings. The summed E-state index contributed by atoms with van der Waals surface area (Å²) in [6.07, 6.45) is 5.90. The lowest BCUT2D eigenvalue weighted by Gasteiger charge is -2.26. The topological polar surface area (TPSA) is 49.0 Å². The van der Waals surface area contributed by atoms with Crippen LogP contribution >= 0.6 is 0 Å². The highest BCUT2D eigenvalue weighted by Gasteiger charge is 2.14. The second kappa shape index (κ2) is 8.02. The smallest absolute Gasteiger partial charge is 0.258 e. The Morgan fingerprint density at radius 2 is 2.07 bits per heavy atom. The van der Waals surface area contributed by atoms with E-state index in [1.54, 1.807) is 18.2 Å². The maximum atomic E-state index is 13.8. The predicted molar refractivity (Wildman–Crippen MR) is 106 cm³/mol. The summed E-state index contributed by atoms with van der Waals surface area (Å²) in [7, 11) is 0. The predicted octanol–water partition coefficient (Wildman–Crippen LogP) is 3.92. The highest BCUT2D eigenvalue weighted by atomic mass is 19.1. The Bertz CT molecular complexity index is 1070. The van der Waals surface area contributed by atoms with Crippen LogP contribution in [0.4, 0.5) is 8.78 Å². The van der Waals surface area contributed by atoms with Gasteiger partial charge in [-0.3, -0.25) is 14.7 Å². The zero-order valence-corrected chi connectivity index (χ0v) is 15.4. The number of fused-ring (bicyclic) bond motifs is 1. The van der Waals surface area contributed by atoms with Crippen LogP contribution in [0, 0.1) is 11.6 Å². The Balaban J connectivity index is 1.34. The first-order valence-electron chi connectivity index (χ1n) is 9.44. The maximum absolute atomic E-state index is 13.8. The van der Waals surface area contributed by atoms with Crippen molar-refractivity contribution >= 4 is 16.3 Å². The first kappa shape index (κ1) is 18.5. The van der Waals surface area contributed by atoms with Gasteiger partial charge in [-0.25, -0.2) is 8.78 Å². The third kappa shape index (κ3) is 4.02. The molecular weight excluding hydrogens is 360 g/mol. The van der Waals surface area contributed by atoms with Gasteiger partial charge in [-0.2, -0.15) is 0 Å². The van der Waals surface area contributed by atoms with Gasteiger partial charge < -0.3 is 4.98 Å². The summed E-state index contributed by atoms with van der Waals surface area (Å²) in [5, 5.41) is 0.755. The van der Waals surface area contributed by atoms with Gasteiger partial charge >= 0.3 is 0 Å². The molecule has 4 rings (SSSR count). The molecule has 144 valence electrons. The fourth-order valence-electron chi connectivity index (χ4n) is 3.67. The molecule has 0 saturated carbocycles. The number of halogens is 2. The lowest BCUT2D eigenvalue weighted by molar-refractivity contribution is 0.297. The van der Waals surface area contributed by atoms with Crippen molar-refractivity contribution < 1.29 is 8.78 Å². The zero-order valence-electron chi connectivity index (χ0n) is 15.4. The van der Waals surface area contributed by atoms with E-state index in [4.69, 9.17) is 0 Å². The number of H-pyrrole nitrogens is 1. The summed E-state index contributed by atoms with van der Waals surface area (Å²) in [6, 6.07) is 9.69. The van der Waals surface area contributed by atoms with Gasteiger partial charge in [-0.1, -0.05) is 18.2 Å². The van der Waals surface area contributed by atoms with Crippen molar-refractivity contribution in [2.24, 2.45) is 0 Å². The van der Waals surface area contributed by atoms with Crippen LogP contribution in [-0.2, 0) is 6.42 Å². The Morgan fingerprint density at radius 3 is 2.82 bits per heavy atom. The number of hydrogen-bond acceptors (Lipinski definition) is 3. The van der Waals surface area contributed by atoms with Crippen LogP contribution in [0.2, 0.25) is 0 Å². The fraction of sp³-hybridized carbons (Fsp3) is 0.273. The molecule has 0 radical (unpaired) electrons. The number of rotatable bonds is 5. The molecule has 4 nitrogen and oxygen atoms in total. The highest BCUT2D eigenvalue weighted by Crippen LogP contribution is 2.21. The quantitative estimate of drug-likeness (QED) is 0.729. The van der Waals surface area contributed by atoms with E-state index < -0.39 is 5.82 Å². The van der Waals surface area contributed by atoms with Crippen LogP contribution in [0.1, 0.15) is 24.2 Å². The molecule has 1 N–H and O–H groups in total. The number of pyridine rings is 2.